The van der Waals surface area contributed by atoms with Crippen LogP contribution in [0.5, 0.6) is 0 Å². The van der Waals surface area contributed by atoms with E-state index < -0.39 is 28.6 Å². The van der Waals surface area contributed by atoms with Crippen molar-refractivity contribution in [2.24, 2.45) is 5.41 Å². The third-order valence-electron chi connectivity index (χ3n) is 4.73. The largest absolute Gasteiger partial charge is 0.467 e. The van der Waals surface area contributed by atoms with Crippen LogP contribution in [0.25, 0.3) is 0 Å². The topological polar surface area (TPSA) is 94.2 Å². The average Bonchev–Trinajstić information content (AvgIpc) is 2.74. The van der Waals surface area contributed by atoms with Gasteiger partial charge in [-0.05, 0) is 39.3 Å². The minimum absolute atomic E-state index is 0.137. The van der Waals surface area contributed by atoms with E-state index in [2.05, 4.69) is 5.32 Å². The van der Waals surface area contributed by atoms with E-state index in [1.165, 1.54) is 19.1 Å². The summed E-state index contributed by atoms with van der Waals surface area (Å²) in [5.41, 5.74) is -1.71. The van der Waals surface area contributed by atoms with E-state index in [9.17, 15) is 14.4 Å². The Morgan fingerprint density at radius 2 is 1.93 bits per heavy atom. The molecule has 0 aromatic rings. The van der Waals surface area contributed by atoms with Gasteiger partial charge in [0.1, 0.15) is 5.60 Å². The molecular weight excluding hydrogens is 352 g/mol. The summed E-state index contributed by atoms with van der Waals surface area (Å²) >= 11 is 0. The summed E-state index contributed by atoms with van der Waals surface area (Å²) in [5, 5.41) is 2.62. The molecule has 1 heterocycles. The number of nitrogens with zero attached hydrogens (tertiary/aromatic N) is 1. The maximum Gasteiger partial charge on any atom is 0.408 e. The lowest BCUT2D eigenvalue weighted by atomic mass is 9.78. The second-order valence-electron chi connectivity index (χ2n) is 8.07. The maximum atomic E-state index is 12.8. The molecule has 1 fully saturated rings. The van der Waals surface area contributed by atoms with Crippen molar-refractivity contribution >= 4 is 18.0 Å². The van der Waals surface area contributed by atoms with Gasteiger partial charge in [-0.15, -0.1) is 0 Å². The fourth-order valence-electron chi connectivity index (χ4n) is 3.49. The molecule has 0 spiro atoms. The zero-order valence-electron chi connectivity index (χ0n) is 17.0. The minimum atomic E-state index is -1.46. The zero-order chi connectivity index (χ0) is 20.6. The monoisotopic (exact) mass is 380 g/mol. The van der Waals surface area contributed by atoms with Gasteiger partial charge in [0.2, 0.25) is 5.91 Å². The molecule has 0 bridgehead atoms. The van der Waals surface area contributed by atoms with E-state index >= 15 is 0 Å². The van der Waals surface area contributed by atoms with Gasteiger partial charge in [-0.2, -0.15) is 0 Å². The highest BCUT2D eigenvalue weighted by Crippen LogP contribution is 2.46. The molecule has 2 amide bonds. The van der Waals surface area contributed by atoms with Crippen LogP contribution < -0.4 is 5.32 Å². The second kappa shape index (κ2) is 6.99. The van der Waals surface area contributed by atoms with Gasteiger partial charge in [0.05, 0.1) is 19.1 Å². The van der Waals surface area contributed by atoms with Crippen LogP contribution in [0.15, 0.2) is 23.4 Å². The highest BCUT2D eigenvalue weighted by molar-refractivity contribution is 5.96. The number of alkyl carbamates (subject to hydrolysis) is 1. The van der Waals surface area contributed by atoms with Crippen molar-refractivity contribution < 1.29 is 28.6 Å². The molecule has 1 aliphatic carbocycles. The van der Waals surface area contributed by atoms with Gasteiger partial charge in [0, 0.05) is 26.3 Å². The molecule has 0 radical (unpaired) electrons. The van der Waals surface area contributed by atoms with Crippen molar-refractivity contribution in [2.45, 2.75) is 45.3 Å². The van der Waals surface area contributed by atoms with E-state index in [1.807, 2.05) is 0 Å². The molecule has 1 N–H and O–H groups in total. The summed E-state index contributed by atoms with van der Waals surface area (Å²) < 4.78 is 15.5. The number of methoxy groups -OCH3 is 2. The van der Waals surface area contributed by atoms with E-state index in [4.69, 9.17) is 14.2 Å². The first-order valence-electron chi connectivity index (χ1n) is 8.71. The Hall–Kier alpha value is -2.35. The smallest absolute Gasteiger partial charge is 0.408 e. The molecular formula is C19H28N2O6. The maximum absolute atomic E-state index is 12.8. The molecule has 2 atom stereocenters. The van der Waals surface area contributed by atoms with Gasteiger partial charge in [0.15, 0.2) is 5.54 Å². The highest BCUT2D eigenvalue weighted by atomic mass is 16.6. The number of ether oxygens (including phenoxy) is 3. The fraction of sp³-hybridized carbons (Fsp3) is 0.632. The molecule has 8 heteroatoms. The molecule has 150 valence electrons. The predicted molar refractivity (Wildman–Crippen MR) is 97.7 cm³/mol. The predicted octanol–water partition coefficient (Wildman–Crippen LogP) is 1.76. The number of likely N-dealkylation sites (N-methyl/N-ethyl adjacent to an activating group) is 1. The van der Waals surface area contributed by atoms with Gasteiger partial charge in [0.25, 0.3) is 0 Å². The molecule has 1 saturated heterocycles. The first-order chi connectivity index (χ1) is 12.4. The molecule has 27 heavy (non-hydrogen) atoms. The molecule has 1 aliphatic heterocycles. The van der Waals surface area contributed by atoms with Crippen LogP contribution in [0.3, 0.4) is 0 Å². The Bertz CT molecular complexity index is 720. The number of carbonyl (C=O) groups is 3. The molecule has 8 nitrogen and oxygen atoms in total. The van der Waals surface area contributed by atoms with Gasteiger partial charge in [-0.25, -0.2) is 9.59 Å². The standard InChI is InChI=1S/C19H28N2O6/c1-17(2,3)27-16(24)20-19(15(23)26-7)9-8-12-13(10-19)21(5)14(22)18(12,4)11-25-6/h8,10H,9,11H2,1-7H3,(H,20,24). The molecule has 2 aliphatic rings. The lowest BCUT2D eigenvalue weighted by Crippen LogP contribution is -2.55. The number of likely N-dealkylation sites (tertiary alicyclic amines) is 1. The number of fused-ring (bicyclic) bond motifs is 1. The Morgan fingerprint density at radius 3 is 2.44 bits per heavy atom. The van der Waals surface area contributed by atoms with Crippen molar-refractivity contribution in [3.63, 3.8) is 0 Å². The number of nitrogens with one attached hydrogen (secondary N) is 1. The lowest BCUT2D eigenvalue weighted by Gasteiger charge is -2.34. The SMILES string of the molecule is COCC1(C)C(=O)N(C)C2=CC(NC(=O)OC(C)(C)C)(C(=O)OC)CC=C21. The number of allylic oxidation sites excluding steroid dienone is 1. The van der Waals surface area contributed by atoms with Gasteiger partial charge in [-0.1, -0.05) is 6.08 Å². The van der Waals surface area contributed by atoms with Crippen LogP contribution in [0.4, 0.5) is 4.79 Å². The summed E-state index contributed by atoms with van der Waals surface area (Å²) in [4.78, 5) is 39.1. The number of esters is 1. The summed E-state index contributed by atoms with van der Waals surface area (Å²) in [6.45, 7) is 7.20. The summed E-state index contributed by atoms with van der Waals surface area (Å²) in [6.07, 6.45) is 2.74. The first-order valence-corrected chi connectivity index (χ1v) is 8.71. The Labute approximate surface area is 159 Å². The second-order valence-corrected chi connectivity index (χ2v) is 8.07. The van der Waals surface area contributed by atoms with Gasteiger partial charge < -0.3 is 24.4 Å². The number of carbonyl (C=O) groups excluding carboxylic acids is 3. The van der Waals surface area contributed by atoms with Gasteiger partial charge in [-0.3, -0.25) is 4.79 Å². The van der Waals surface area contributed by atoms with Crippen molar-refractivity contribution in [1.29, 1.82) is 0 Å². The van der Waals surface area contributed by atoms with Crippen LogP contribution in [0, 0.1) is 5.41 Å². The molecule has 2 rings (SSSR count). The average molecular weight is 380 g/mol. The Morgan fingerprint density at radius 1 is 1.30 bits per heavy atom. The van der Waals surface area contributed by atoms with Crippen molar-refractivity contribution in [2.75, 3.05) is 27.9 Å². The molecule has 2 unspecified atom stereocenters. The number of amides is 2. The molecule has 0 aromatic carbocycles. The van der Waals surface area contributed by atoms with Crippen LogP contribution in [0.1, 0.15) is 34.1 Å². The summed E-state index contributed by atoms with van der Waals surface area (Å²) in [5.74, 6) is -0.780. The van der Waals surface area contributed by atoms with Gasteiger partial charge >= 0.3 is 12.1 Å². The summed E-state index contributed by atoms with van der Waals surface area (Å²) in [7, 11) is 4.41. The van der Waals surface area contributed by atoms with Crippen molar-refractivity contribution in [1.82, 2.24) is 10.2 Å². The van der Waals surface area contributed by atoms with Crippen LogP contribution in [0.2, 0.25) is 0 Å². The van der Waals surface area contributed by atoms with Crippen LogP contribution in [-0.2, 0) is 23.8 Å². The Balaban J connectivity index is 2.44. The van der Waals surface area contributed by atoms with E-state index in [0.717, 1.165) is 5.57 Å². The first kappa shape index (κ1) is 21.0. The van der Waals surface area contributed by atoms with Crippen LogP contribution >= 0.6 is 0 Å². The normalized spacial score (nSPS) is 27.5. The third kappa shape index (κ3) is 3.71. The third-order valence-corrected chi connectivity index (χ3v) is 4.73. The number of rotatable bonds is 4. The summed E-state index contributed by atoms with van der Waals surface area (Å²) in [6, 6.07) is 0. The zero-order valence-corrected chi connectivity index (χ0v) is 17.0. The van der Waals surface area contributed by atoms with E-state index in [1.54, 1.807) is 46.9 Å². The minimum Gasteiger partial charge on any atom is -0.467 e. The Kier molecular flexibility index (Phi) is 5.43. The van der Waals surface area contributed by atoms with Crippen LogP contribution in [-0.4, -0.2) is 61.9 Å². The highest BCUT2D eigenvalue weighted by Gasteiger charge is 2.53. The number of hydrogen-bond acceptors (Lipinski definition) is 6. The lowest BCUT2D eigenvalue weighted by molar-refractivity contribution is -0.146. The van der Waals surface area contributed by atoms with E-state index in [0.29, 0.717) is 5.70 Å². The van der Waals surface area contributed by atoms with Crippen molar-refractivity contribution in [3.05, 3.63) is 23.4 Å². The van der Waals surface area contributed by atoms with Crippen molar-refractivity contribution in [3.8, 4) is 0 Å². The molecule has 0 aromatic heterocycles. The fourth-order valence-corrected chi connectivity index (χ4v) is 3.49. The number of hydrogen-bond donors (Lipinski definition) is 1. The van der Waals surface area contributed by atoms with E-state index in [-0.39, 0.29) is 18.9 Å². The quantitative estimate of drug-likeness (QED) is 0.747. The molecule has 0 saturated carbocycles.